The smallest absolute Gasteiger partial charge is 0.343 e. The number of esters is 2. The molecule has 0 N–H and O–H groups in total. The average molecular weight is 597 g/mol. The number of ether oxygens (including phenoxy) is 3. The van der Waals surface area contributed by atoms with Gasteiger partial charge in [-0.15, -0.1) is 0 Å². The number of benzene rings is 2. The molecule has 238 valence electrons. The van der Waals surface area contributed by atoms with E-state index in [2.05, 4.69) is 6.92 Å². The first-order chi connectivity index (χ1) is 21.0. The molecule has 0 bridgehead atoms. The van der Waals surface area contributed by atoms with Crippen LogP contribution in [0.15, 0.2) is 48.5 Å². The van der Waals surface area contributed by atoms with Gasteiger partial charge in [0.25, 0.3) is 0 Å². The van der Waals surface area contributed by atoms with Gasteiger partial charge < -0.3 is 14.2 Å². The lowest BCUT2D eigenvalue weighted by Crippen LogP contribution is -2.28. The van der Waals surface area contributed by atoms with E-state index >= 15 is 0 Å². The molecule has 0 amide bonds. The molecular formula is C37H53FO5. The van der Waals surface area contributed by atoms with E-state index in [1.807, 2.05) is 43.3 Å². The fourth-order valence-corrected chi connectivity index (χ4v) is 5.69. The Balaban J connectivity index is 1.31. The SMILES string of the molecule is CCCCCCCCCCCCOc1ccc(C(=O)Oc2ccc([C@H]3CC[C@H](OC(=O)[C@@H](F)CCCC)CC3)cc2)cc1. The maximum Gasteiger partial charge on any atom is 0.343 e. The minimum Gasteiger partial charge on any atom is -0.494 e. The number of alkyl halides is 1. The number of carbonyl (C=O) groups is 2. The van der Waals surface area contributed by atoms with E-state index in [-0.39, 0.29) is 12.5 Å². The second-order valence-electron chi connectivity index (χ2n) is 12.0. The first-order valence-corrected chi connectivity index (χ1v) is 16.9. The second kappa shape index (κ2) is 20.1. The van der Waals surface area contributed by atoms with E-state index in [0.717, 1.165) is 44.3 Å². The quantitative estimate of drug-likeness (QED) is 0.0864. The number of rotatable bonds is 20. The van der Waals surface area contributed by atoms with Crippen molar-refractivity contribution in [3.05, 3.63) is 59.7 Å². The fourth-order valence-electron chi connectivity index (χ4n) is 5.69. The molecule has 5 nitrogen and oxygen atoms in total. The highest BCUT2D eigenvalue weighted by Crippen LogP contribution is 2.35. The summed E-state index contributed by atoms with van der Waals surface area (Å²) in [6.45, 7) is 4.92. The summed E-state index contributed by atoms with van der Waals surface area (Å²) in [6, 6.07) is 14.8. The van der Waals surface area contributed by atoms with Crippen molar-refractivity contribution >= 4 is 11.9 Å². The molecule has 0 aliphatic heterocycles. The molecule has 1 fully saturated rings. The Kier molecular flexibility index (Phi) is 16.2. The Labute approximate surface area is 258 Å². The molecule has 1 aliphatic rings. The van der Waals surface area contributed by atoms with Crippen LogP contribution in [0.25, 0.3) is 0 Å². The zero-order valence-corrected chi connectivity index (χ0v) is 26.5. The Hall–Kier alpha value is -2.89. The molecule has 43 heavy (non-hydrogen) atoms. The molecule has 0 saturated heterocycles. The third kappa shape index (κ3) is 13.1. The monoisotopic (exact) mass is 596 g/mol. The van der Waals surface area contributed by atoms with Gasteiger partial charge in [0.15, 0.2) is 6.17 Å². The highest BCUT2D eigenvalue weighted by molar-refractivity contribution is 5.91. The Morgan fingerprint density at radius 2 is 1.28 bits per heavy atom. The van der Waals surface area contributed by atoms with Gasteiger partial charge in [-0.1, -0.05) is 96.6 Å². The van der Waals surface area contributed by atoms with E-state index in [9.17, 15) is 14.0 Å². The summed E-state index contributed by atoms with van der Waals surface area (Å²) in [6.07, 6.45) is 16.2. The van der Waals surface area contributed by atoms with Gasteiger partial charge in [0, 0.05) is 0 Å². The number of halogens is 1. The lowest BCUT2D eigenvalue weighted by atomic mass is 9.83. The van der Waals surface area contributed by atoms with Crippen molar-refractivity contribution < 1.29 is 28.2 Å². The Morgan fingerprint density at radius 3 is 1.88 bits per heavy atom. The molecule has 3 rings (SSSR count). The third-order valence-corrected chi connectivity index (χ3v) is 8.44. The van der Waals surface area contributed by atoms with E-state index in [4.69, 9.17) is 14.2 Å². The molecule has 0 heterocycles. The molecule has 0 spiro atoms. The van der Waals surface area contributed by atoms with Gasteiger partial charge in [0.05, 0.1) is 12.2 Å². The molecule has 0 aromatic heterocycles. The first kappa shape index (κ1) is 34.6. The van der Waals surface area contributed by atoms with E-state index in [1.165, 1.54) is 63.4 Å². The van der Waals surface area contributed by atoms with Crippen LogP contribution in [-0.4, -0.2) is 30.8 Å². The van der Waals surface area contributed by atoms with Gasteiger partial charge in [0.2, 0.25) is 0 Å². The van der Waals surface area contributed by atoms with E-state index in [1.54, 1.807) is 12.1 Å². The first-order valence-electron chi connectivity index (χ1n) is 16.9. The molecule has 0 radical (unpaired) electrons. The molecule has 2 aromatic rings. The summed E-state index contributed by atoms with van der Waals surface area (Å²) in [7, 11) is 0. The number of unbranched alkanes of at least 4 members (excludes halogenated alkanes) is 10. The van der Waals surface area contributed by atoms with Gasteiger partial charge in [-0.05, 0) is 86.4 Å². The average Bonchev–Trinajstić information content (AvgIpc) is 3.03. The van der Waals surface area contributed by atoms with Crippen molar-refractivity contribution in [2.75, 3.05) is 6.61 Å². The molecule has 0 unspecified atom stereocenters. The minimum absolute atomic E-state index is 0.208. The molecular weight excluding hydrogens is 543 g/mol. The molecule has 1 saturated carbocycles. The zero-order chi connectivity index (χ0) is 30.7. The van der Waals surface area contributed by atoms with Crippen molar-refractivity contribution in [1.82, 2.24) is 0 Å². The molecule has 6 heteroatoms. The standard InChI is InChI=1S/C37H53FO5/c1-3-5-7-8-9-10-11-12-13-14-28-41-32-22-20-31(21-23-32)36(39)42-33-24-16-29(17-25-33)30-18-26-34(27-19-30)43-37(40)35(38)15-6-4-2/h16-17,20-25,30,34-35H,3-15,18-19,26-28H2,1-2H3/t30-,34-,35-/m0/s1. The van der Waals surface area contributed by atoms with Gasteiger partial charge in [-0.2, -0.15) is 0 Å². The van der Waals surface area contributed by atoms with Crippen molar-refractivity contribution in [1.29, 1.82) is 0 Å². The summed E-state index contributed by atoms with van der Waals surface area (Å²) in [5, 5.41) is 0. The van der Waals surface area contributed by atoms with E-state index in [0.29, 0.717) is 30.3 Å². The molecule has 1 atom stereocenters. The Bertz CT molecular complexity index is 1040. The predicted octanol–water partition coefficient (Wildman–Crippen LogP) is 10.3. The van der Waals surface area contributed by atoms with Crippen LogP contribution < -0.4 is 9.47 Å². The highest BCUT2D eigenvalue weighted by atomic mass is 19.1. The topological polar surface area (TPSA) is 61.8 Å². The van der Waals surface area contributed by atoms with Gasteiger partial charge in [-0.3, -0.25) is 0 Å². The van der Waals surface area contributed by atoms with Crippen molar-refractivity contribution in [2.45, 2.75) is 141 Å². The summed E-state index contributed by atoms with van der Waals surface area (Å²) >= 11 is 0. The summed E-state index contributed by atoms with van der Waals surface area (Å²) in [4.78, 5) is 24.7. The van der Waals surface area contributed by atoms with Crippen LogP contribution in [0.5, 0.6) is 11.5 Å². The lowest BCUT2D eigenvalue weighted by molar-refractivity contribution is -0.157. The maximum atomic E-state index is 13.9. The molecule has 2 aromatic carbocycles. The minimum atomic E-state index is -1.52. The Morgan fingerprint density at radius 1 is 0.721 bits per heavy atom. The summed E-state index contributed by atoms with van der Waals surface area (Å²) in [5.41, 5.74) is 1.65. The fraction of sp³-hybridized carbons (Fsp3) is 0.622. The zero-order valence-electron chi connectivity index (χ0n) is 26.5. The van der Waals surface area contributed by atoms with Crippen LogP contribution in [-0.2, 0) is 9.53 Å². The normalized spacial score (nSPS) is 17.3. The van der Waals surface area contributed by atoms with Crippen LogP contribution in [0.1, 0.15) is 145 Å². The summed E-state index contributed by atoms with van der Waals surface area (Å²) < 4.78 is 30.8. The third-order valence-electron chi connectivity index (χ3n) is 8.44. The summed E-state index contributed by atoms with van der Waals surface area (Å²) in [5.74, 6) is 0.492. The maximum absolute atomic E-state index is 13.9. The van der Waals surface area contributed by atoms with Crippen molar-refractivity contribution in [3.63, 3.8) is 0 Å². The van der Waals surface area contributed by atoms with Gasteiger partial charge in [-0.25, -0.2) is 14.0 Å². The van der Waals surface area contributed by atoms with Crippen LogP contribution in [0, 0.1) is 0 Å². The van der Waals surface area contributed by atoms with Crippen LogP contribution in [0.4, 0.5) is 4.39 Å². The molecule has 1 aliphatic carbocycles. The number of carbonyl (C=O) groups excluding carboxylic acids is 2. The van der Waals surface area contributed by atoms with Crippen LogP contribution in [0.3, 0.4) is 0 Å². The van der Waals surface area contributed by atoms with Gasteiger partial charge >= 0.3 is 11.9 Å². The highest BCUT2D eigenvalue weighted by Gasteiger charge is 2.28. The predicted molar refractivity (Wildman–Crippen MR) is 171 cm³/mol. The van der Waals surface area contributed by atoms with Crippen molar-refractivity contribution in [2.24, 2.45) is 0 Å². The van der Waals surface area contributed by atoms with Gasteiger partial charge in [0.1, 0.15) is 17.6 Å². The van der Waals surface area contributed by atoms with Crippen molar-refractivity contribution in [3.8, 4) is 11.5 Å². The number of hydrogen-bond acceptors (Lipinski definition) is 5. The van der Waals surface area contributed by atoms with Crippen LogP contribution >= 0.6 is 0 Å². The van der Waals surface area contributed by atoms with Crippen LogP contribution in [0.2, 0.25) is 0 Å². The van der Waals surface area contributed by atoms with E-state index < -0.39 is 18.1 Å². The largest absolute Gasteiger partial charge is 0.494 e. The second-order valence-corrected chi connectivity index (χ2v) is 12.0. The lowest BCUT2D eigenvalue weighted by Gasteiger charge is -2.29. The number of hydrogen-bond donors (Lipinski definition) is 0.